The standard InChI is InChI=1S/C41H48FN3O9S.C35H39FN4O7S/c1-40(2,3)54-39(48)44-15-17-50-18-19-51-20-21-52-34-23-29-7-6-14-41(4,26-36(46)45-38-43-16-22-55-38)32(29)25-35(34)53-30-12-13-31(33(42)24-30)27-8-10-28(11-9-27)37(47)49-5;1-35(22-32(41)40-34-38-12-18-48-34)28-21-31(30(19-25(28)9-11-39-35)46-17-16-45-15-14-44-13-10-37)47-26-7-8-27(29(36)20-26)23-3-5-24(6-4-23)33(42)43-2/h8-13,16,22-25H,6-7,14-15,17-21,26H2,1-5H3,(H,44,48)(H,43,45,46);3-8,12,18-21,39H,9-11,13-17,22,37H2,1-2H3,(H,38,40,41)/t41-;35-/m11/s1. The van der Waals surface area contributed by atoms with Crippen molar-refractivity contribution in [1.29, 1.82) is 0 Å². The minimum absolute atomic E-state index is 0.134. The number of alkyl carbamates (subject to hydrolysis) is 1. The Morgan fingerprint density at radius 1 is 0.573 bits per heavy atom. The molecule has 1 aliphatic heterocycles. The molecule has 1 aliphatic carbocycles. The Morgan fingerprint density at radius 3 is 1.52 bits per heavy atom. The van der Waals surface area contributed by atoms with Gasteiger partial charge in [-0.05, 0) is 160 Å². The van der Waals surface area contributed by atoms with Gasteiger partial charge in [0.25, 0.3) is 0 Å². The highest BCUT2D eigenvalue weighted by Crippen LogP contribution is 2.47. The summed E-state index contributed by atoms with van der Waals surface area (Å²) in [4.78, 5) is 69.9. The molecular formula is C76H87F2N7O16S2. The van der Waals surface area contributed by atoms with Crippen molar-refractivity contribution in [3.05, 3.63) is 177 Å². The van der Waals surface area contributed by atoms with Crippen LogP contribution in [0.4, 0.5) is 23.8 Å². The first-order chi connectivity index (χ1) is 49.6. The van der Waals surface area contributed by atoms with Crippen LogP contribution in [0.15, 0.2) is 132 Å². The van der Waals surface area contributed by atoms with Crippen LogP contribution in [0.2, 0.25) is 0 Å². The van der Waals surface area contributed by atoms with Gasteiger partial charge in [-0.3, -0.25) is 9.59 Å². The van der Waals surface area contributed by atoms with Crippen molar-refractivity contribution < 1.29 is 84.9 Å². The number of ether oxygens (including phenoxy) is 11. The lowest BCUT2D eigenvalue weighted by atomic mass is 9.69. The quantitative estimate of drug-likeness (QED) is 0.0145. The second-order valence-corrected chi connectivity index (χ2v) is 27.2. The number of benzene rings is 6. The molecule has 27 heteroatoms. The van der Waals surface area contributed by atoms with E-state index in [-0.39, 0.29) is 56.0 Å². The highest BCUT2D eigenvalue weighted by molar-refractivity contribution is 7.14. The maximum absolute atomic E-state index is 15.6. The summed E-state index contributed by atoms with van der Waals surface area (Å²) in [6, 6.07) is 29.8. The Kier molecular flexibility index (Phi) is 28.4. The van der Waals surface area contributed by atoms with Crippen LogP contribution in [0.3, 0.4) is 0 Å². The molecule has 3 heterocycles. The summed E-state index contributed by atoms with van der Waals surface area (Å²) >= 11 is 2.71. The first-order valence-electron chi connectivity index (χ1n) is 33.7. The molecule has 0 fully saturated rings. The van der Waals surface area contributed by atoms with Crippen molar-refractivity contribution >= 4 is 62.8 Å². The number of hydrogen-bond donors (Lipinski definition) is 5. The first kappa shape index (κ1) is 77.7. The number of esters is 2. The molecule has 2 aliphatic rings. The molecule has 0 radical (unpaired) electrons. The van der Waals surface area contributed by atoms with Crippen LogP contribution in [0.1, 0.15) is 103 Å². The maximum Gasteiger partial charge on any atom is 0.407 e. The molecule has 6 aromatic carbocycles. The van der Waals surface area contributed by atoms with Gasteiger partial charge in [-0.15, -0.1) is 22.7 Å². The van der Waals surface area contributed by atoms with E-state index in [2.05, 4.69) is 38.2 Å². The number of rotatable bonds is 33. The van der Waals surface area contributed by atoms with Crippen molar-refractivity contribution in [2.75, 3.05) is 111 Å². The molecule has 0 bridgehead atoms. The van der Waals surface area contributed by atoms with Gasteiger partial charge >= 0.3 is 18.0 Å². The predicted octanol–water partition coefficient (Wildman–Crippen LogP) is 13.4. The fourth-order valence-electron chi connectivity index (χ4n) is 11.7. The summed E-state index contributed by atoms with van der Waals surface area (Å²) < 4.78 is 92.9. The topological polar surface area (TPSA) is 287 Å². The summed E-state index contributed by atoms with van der Waals surface area (Å²) in [5.74, 6) is -0.0852. The summed E-state index contributed by atoms with van der Waals surface area (Å²) in [6.45, 7) is 14.2. The lowest BCUT2D eigenvalue weighted by molar-refractivity contribution is -0.118. The smallest absolute Gasteiger partial charge is 0.407 e. The molecular weight excluding hydrogens is 1370 g/mol. The van der Waals surface area contributed by atoms with E-state index in [9.17, 15) is 24.0 Å². The molecule has 2 atom stereocenters. The number of thiazole rings is 2. The Hall–Kier alpha value is -9.45. The van der Waals surface area contributed by atoms with Crippen LogP contribution in [-0.4, -0.2) is 145 Å². The lowest BCUT2D eigenvalue weighted by Crippen LogP contribution is -2.47. The molecule has 0 spiro atoms. The van der Waals surface area contributed by atoms with E-state index in [0.717, 1.165) is 41.5 Å². The third-order valence-electron chi connectivity index (χ3n) is 16.6. The van der Waals surface area contributed by atoms with Crippen LogP contribution in [-0.2, 0) is 66.5 Å². The average molecular weight is 1460 g/mol. The number of methoxy groups -OCH3 is 2. The zero-order valence-corrected chi connectivity index (χ0v) is 60.3. The predicted molar refractivity (Wildman–Crippen MR) is 387 cm³/mol. The van der Waals surface area contributed by atoms with Crippen LogP contribution >= 0.6 is 22.7 Å². The molecule has 0 saturated carbocycles. The monoisotopic (exact) mass is 1460 g/mol. The second-order valence-electron chi connectivity index (χ2n) is 25.4. The van der Waals surface area contributed by atoms with Crippen LogP contribution in [0, 0.1) is 11.6 Å². The molecule has 103 heavy (non-hydrogen) atoms. The third kappa shape index (κ3) is 22.8. The SMILES string of the molecule is COC(=O)c1ccc(-c2ccc(Oc3cc4c(cc3OCCOCCOCCN)CCN[C@]4(C)CC(=O)Nc3nccs3)cc2F)cc1.COC(=O)c1ccc(-c2ccc(Oc3cc4c(cc3OCCOCCOCCNC(=O)OC(C)(C)C)CCC[C@]4(C)CC(=O)Nc3nccs3)cc2F)cc1. The number of nitrogens with two attached hydrogens (primary N) is 1. The van der Waals surface area contributed by atoms with Gasteiger partial charge in [-0.25, -0.2) is 33.1 Å². The summed E-state index contributed by atoms with van der Waals surface area (Å²) in [5.41, 5.74) is 10.1. The Bertz CT molecular complexity index is 4130. The number of amides is 3. The number of nitrogens with one attached hydrogen (secondary N) is 4. The van der Waals surface area contributed by atoms with E-state index in [4.69, 9.17) is 57.8 Å². The van der Waals surface area contributed by atoms with Gasteiger partial charge in [0.15, 0.2) is 33.3 Å². The number of halogens is 2. The number of aromatic nitrogens is 2. The molecule has 23 nitrogen and oxygen atoms in total. The van der Waals surface area contributed by atoms with Gasteiger partial charge < -0.3 is 79.1 Å². The van der Waals surface area contributed by atoms with Crippen LogP contribution in [0.25, 0.3) is 22.3 Å². The van der Waals surface area contributed by atoms with Gasteiger partial charge in [0.1, 0.15) is 41.9 Å². The van der Waals surface area contributed by atoms with Crippen molar-refractivity contribution in [3.8, 4) is 56.8 Å². The fourth-order valence-corrected chi connectivity index (χ4v) is 12.8. The minimum atomic E-state index is -0.719. The minimum Gasteiger partial charge on any atom is -0.487 e. The zero-order valence-electron chi connectivity index (χ0n) is 58.7. The summed E-state index contributed by atoms with van der Waals surface area (Å²) in [7, 11) is 2.61. The van der Waals surface area contributed by atoms with Gasteiger partial charge in [-0.1, -0.05) is 31.2 Å². The molecule has 0 saturated heterocycles. The van der Waals surface area contributed by atoms with E-state index in [1.807, 2.05) is 36.6 Å². The average Bonchev–Trinajstić information content (AvgIpc) is 0.965. The molecule has 6 N–H and O–H groups in total. The van der Waals surface area contributed by atoms with E-state index in [0.29, 0.717) is 139 Å². The Morgan fingerprint density at radius 2 is 1.05 bits per heavy atom. The van der Waals surface area contributed by atoms with E-state index in [1.165, 1.54) is 49.0 Å². The van der Waals surface area contributed by atoms with E-state index in [1.54, 1.807) is 111 Å². The maximum atomic E-state index is 15.6. The second kappa shape index (κ2) is 37.6. The number of aryl methyl sites for hydroxylation is 1. The van der Waals surface area contributed by atoms with Crippen molar-refractivity contribution in [3.63, 3.8) is 0 Å². The zero-order chi connectivity index (χ0) is 73.4. The van der Waals surface area contributed by atoms with Crippen molar-refractivity contribution in [2.45, 2.75) is 89.7 Å². The number of carbonyl (C=O) groups excluding carboxylic acids is 5. The highest BCUT2D eigenvalue weighted by Gasteiger charge is 2.38. The number of carbonyl (C=O) groups is 5. The number of fused-ring (bicyclic) bond motifs is 2. The Balaban J connectivity index is 0.000000241. The molecule has 3 amide bonds. The van der Waals surface area contributed by atoms with Crippen LogP contribution in [0.5, 0.6) is 34.5 Å². The number of nitrogens with zero attached hydrogens (tertiary/aromatic N) is 2. The molecule has 8 aromatic rings. The van der Waals surface area contributed by atoms with Crippen molar-refractivity contribution in [2.24, 2.45) is 5.73 Å². The van der Waals surface area contributed by atoms with Gasteiger partial charge in [0.05, 0.1) is 78.2 Å². The highest BCUT2D eigenvalue weighted by atomic mass is 32.1. The number of anilines is 2. The fraction of sp³-hybridized carbons (Fsp3) is 0.382. The normalized spacial score (nSPS) is 15.2. The first-order valence-corrected chi connectivity index (χ1v) is 35.4. The molecule has 10 rings (SSSR count). The number of hydrogen-bond acceptors (Lipinski definition) is 22. The largest absolute Gasteiger partial charge is 0.487 e. The molecule has 0 unspecified atom stereocenters. The Labute approximate surface area is 605 Å². The van der Waals surface area contributed by atoms with E-state index >= 15 is 8.78 Å². The summed E-state index contributed by atoms with van der Waals surface area (Å²) in [5, 5.41) is 16.6. The van der Waals surface area contributed by atoms with Gasteiger partial charge in [-0.2, -0.15) is 0 Å². The summed E-state index contributed by atoms with van der Waals surface area (Å²) in [6.07, 6.45) is 6.36. The van der Waals surface area contributed by atoms with Gasteiger partial charge in [0.2, 0.25) is 11.8 Å². The van der Waals surface area contributed by atoms with Crippen LogP contribution < -0.4 is 45.9 Å². The molecule has 2 aromatic heterocycles. The van der Waals surface area contributed by atoms with E-state index < -0.39 is 46.2 Å². The molecule has 548 valence electrons. The third-order valence-corrected chi connectivity index (χ3v) is 17.9. The van der Waals surface area contributed by atoms with Gasteiger partial charge in [0, 0.05) is 89.8 Å². The lowest BCUT2D eigenvalue weighted by Gasteiger charge is -2.37. The van der Waals surface area contributed by atoms with Crippen molar-refractivity contribution in [1.82, 2.24) is 20.6 Å².